The monoisotopic (exact) mass is 198 g/mol. The molecular formula is C10H15ClN2. The van der Waals surface area contributed by atoms with Crippen molar-refractivity contribution in [2.75, 3.05) is 0 Å². The van der Waals surface area contributed by atoms with E-state index < -0.39 is 0 Å². The fourth-order valence-electron chi connectivity index (χ4n) is 1.13. The second-order valence-electron chi connectivity index (χ2n) is 3.25. The van der Waals surface area contributed by atoms with E-state index in [-0.39, 0.29) is 5.38 Å². The van der Waals surface area contributed by atoms with Crippen molar-refractivity contribution in [2.24, 2.45) is 0 Å². The summed E-state index contributed by atoms with van der Waals surface area (Å²) in [4.78, 5) is 8.66. The topological polar surface area (TPSA) is 25.8 Å². The molecule has 0 aliphatic heterocycles. The highest BCUT2D eigenvalue weighted by Crippen LogP contribution is 2.11. The minimum Gasteiger partial charge on any atom is -0.258 e. The van der Waals surface area contributed by atoms with Gasteiger partial charge in [-0.2, -0.15) is 0 Å². The summed E-state index contributed by atoms with van der Waals surface area (Å²) in [7, 11) is 0. The van der Waals surface area contributed by atoms with Crippen LogP contribution in [0.15, 0.2) is 6.20 Å². The summed E-state index contributed by atoms with van der Waals surface area (Å²) in [6.07, 6.45) is 3.57. The first-order valence-electron chi connectivity index (χ1n) is 4.56. The zero-order valence-corrected chi connectivity index (χ0v) is 9.10. The summed E-state index contributed by atoms with van der Waals surface area (Å²) >= 11 is 6.06. The lowest BCUT2D eigenvalue weighted by atomic mass is 10.1. The Bertz CT molecular complexity index is 286. The molecule has 3 heteroatoms. The zero-order chi connectivity index (χ0) is 9.84. The summed E-state index contributed by atoms with van der Waals surface area (Å²) in [6.45, 7) is 6.00. The van der Waals surface area contributed by atoms with Gasteiger partial charge in [-0.05, 0) is 20.3 Å². The van der Waals surface area contributed by atoms with Crippen LogP contribution in [0.4, 0.5) is 0 Å². The molecule has 0 bridgehead atoms. The van der Waals surface area contributed by atoms with Crippen molar-refractivity contribution in [1.82, 2.24) is 9.97 Å². The second-order valence-corrected chi connectivity index (χ2v) is 3.87. The van der Waals surface area contributed by atoms with Crippen molar-refractivity contribution >= 4 is 11.6 Å². The molecule has 0 aliphatic rings. The normalized spacial score (nSPS) is 12.9. The highest BCUT2D eigenvalue weighted by Gasteiger charge is 2.07. The van der Waals surface area contributed by atoms with Crippen molar-refractivity contribution in [2.45, 2.75) is 39.0 Å². The Morgan fingerprint density at radius 2 is 2.15 bits per heavy atom. The van der Waals surface area contributed by atoms with Gasteiger partial charge in [-0.3, -0.25) is 9.97 Å². The van der Waals surface area contributed by atoms with Gasteiger partial charge in [0.25, 0.3) is 0 Å². The molecule has 0 fully saturated rings. The molecule has 13 heavy (non-hydrogen) atoms. The molecule has 1 aromatic rings. The molecule has 1 aromatic heterocycles. The number of halogens is 1. The lowest BCUT2D eigenvalue weighted by molar-refractivity contribution is 0.769. The molecule has 1 rings (SSSR count). The van der Waals surface area contributed by atoms with Crippen LogP contribution >= 0.6 is 11.6 Å². The highest BCUT2D eigenvalue weighted by atomic mass is 35.5. The first-order valence-corrected chi connectivity index (χ1v) is 5.00. The Morgan fingerprint density at radius 1 is 1.46 bits per heavy atom. The van der Waals surface area contributed by atoms with E-state index in [1.165, 1.54) is 0 Å². The average molecular weight is 199 g/mol. The Balaban J connectivity index is 2.81. The van der Waals surface area contributed by atoms with Crippen LogP contribution in [0.2, 0.25) is 0 Å². The van der Waals surface area contributed by atoms with Gasteiger partial charge in [0.1, 0.15) is 0 Å². The third kappa shape index (κ3) is 2.96. The van der Waals surface area contributed by atoms with E-state index in [4.69, 9.17) is 11.6 Å². The molecule has 0 aromatic carbocycles. The van der Waals surface area contributed by atoms with Crippen LogP contribution < -0.4 is 0 Å². The van der Waals surface area contributed by atoms with Crippen LogP contribution in [0.1, 0.15) is 30.4 Å². The third-order valence-electron chi connectivity index (χ3n) is 2.03. The Morgan fingerprint density at radius 3 is 2.77 bits per heavy atom. The van der Waals surface area contributed by atoms with E-state index in [9.17, 15) is 0 Å². The van der Waals surface area contributed by atoms with Crippen molar-refractivity contribution in [3.63, 3.8) is 0 Å². The van der Waals surface area contributed by atoms with Crippen LogP contribution in [-0.2, 0) is 6.42 Å². The lowest BCUT2D eigenvalue weighted by Gasteiger charge is -2.08. The molecule has 2 nitrogen and oxygen atoms in total. The number of nitrogens with zero attached hydrogens (tertiary/aromatic N) is 2. The molecule has 0 amide bonds. The van der Waals surface area contributed by atoms with Gasteiger partial charge in [0, 0.05) is 18.0 Å². The summed E-state index contributed by atoms with van der Waals surface area (Å²) in [5.74, 6) is 0. The minimum atomic E-state index is 0.176. The van der Waals surface area contributed by atoms with Gasteiger partial charge in [0.05, 0.1) is 17.1 Å². The summed E-state index contributed by atoms with van der Waals surface area (Å²) in [5, 5.41) is 0.176. The average Bonchev–Trinajstić information content (AvgIpc) is 2.11. The van der Waals surface area contributed by atoms with Crippen LogP contribution in [0.25, 0.3) is 0 Å². The standard InChI is InChI=1S/C10H15ClN2/c1-4-9(11)5-10-8(3)12-6-7(2)13-10/h6,9H,4-5H2,1-3H3. The molecule has 1 atom stereocenters. The number of aromatic nitrogens is 2. The van der Waals surface area contributed by atoms with Crippen molar-refractivity contribution in [1.29, 1.82) is 0 Å². The molecule has 0 aliphatic carbocycles. The van der Waals surface area contributed by atoms with Gasteiger partial charge >= 0.3 is 0 Å². The second kappa shape index (κ2) is 4.56. The minimum absolute atomic E-state index is 0.176. The number of hydrogen-bond acceptors (Lipinski definition) is 2. The van der Waals surface area contributed by atoms with Crippen LogP contribution in [0, 0.1) is 13.8 Å². The molecule has 1 heterocycles. The highest BCUT2D eigenvalue weighted by molar-refractivity contribution is 6.20. The molecule has 0 saturated heterocycles. The lowest BCUT2D eigenvalue weighted by Crippen LogP contribution is -2.07. The predicted molar refractivity (Wildman–Crippen MR) is 55.1 cm³/mol. The largest absolute Gasteiger partial charge is 0.258 e. The smallest absolute Gasteiger partial charge is 0.0633 e. The molecule has 0 saturated carbocycles. The van der Waals surface area contributed by atoms with E-state index in [1.54, 1.807) is 6.20 Å². The quantitative estimate of drug-likeness (QED) is 0.698. The van der Waals surface area contributed by atoms with Crippen LogP contribution in [0.3, 0.4) is 0 Å². The van der Waals surface area contributed by atoms with Gasteiger partial charge in [-0.25, -0.2) is 0 Å². The first-order chi connectivity index (χ1) is 6.13. The Labute approximate surface area is 84.4 Å². The number of rotatable bonds is 3. The zero-order valence-electron chi connectivity index (χ0n) is 8.34. The van der Waals surface area contributed by atoms with Gasteiger partial charge in [-0.1, -0.05) is 6.92 Å². The Hall–Kier alpha value is -0.630. The number of alkyl halides is 1. The summed E-state index contributed by atoms with van der Waals surface area (Å²) < 4.78 is 0. The maximum atomic E-state index is 6.06. The molecule has 1 unspecified atom stereocenters. The number of aryl methyl sites for hydroxylation is 2. The van der Waals surface area contributed by atoms with E-state index in [0.29, 0.717) is 0 Å². The van der Waals surface area contributed by atoms with E-state index in [2.05, 4.69) is 16.9 Å². The van der Waals surface area contributed by atoms with Gasteiger partial charge in [0.2, 0.25) is 0 Å². The fourth-order valence-corrected chi connectivity index (χ4v) is 1.28. The van der Waals surface area contributed by atoms with Crippen LogP contribution in [-0.4, -0.2) is 15.3 Å². The third-order valence-corrected chi connectivity index (χ3v) is 2.49. The molecule has 0 N–H and O–H groups in total. The van der Waals surface area contributed by atoms with Gasteiger partial charge in [-0.15, -0.1) is 11.6 Å². The summed E-state index contributed by atoms with van der Waals surface area (Å²) in [5.41, 5.74) is 2.98. The van der Waals surface area contributed by atoms with Crippen molar-refractivity contribution in [3.05, 3.63) is 23.3 Å². The number of hydrogen-bond donors (Lipinski definition) is 0. The maximum absolute atomic E-state index is 6.06. The van der Waals surface area contributed by atoms with Crippen molar-refractivity contribution < 1.29 is 0 Å². The maximum Gasteiger partial charge on any atom is 0.0633 e. The Kier molecular flexibility index (Phi) is 3.67. The fraction of sp³-hybridized carbons (Fsp3) is 0.600. The molecule has 0 spiro atoms. The van der Waals surface area contributed by atoms with Crippen molar-refractivity contribution in [3.8, 4) is 0 Å². The van der Waals surface area contributed by atoms with E-state index in [0.717, 1.165) is 29.9 Å². The van der Waals surface area contributed by atoms with Gasteiger partial charge < -0.3 is 0 Å². The van der Waals surface area contributed by atoms with Crippen LogP contribution in [0.5, 0.6) is 0 Å². The predicted octanol–water partition coefficient (Wildman–Crippen LogP) is 2.65. The molecule has 0 radical (unpaired) electrons. The molecular weight excluding hydrogens is 184 g/mol. The SMILES string of the molecule is CCC(Cl)Cc1nc(C)cnc1C. The van der Waals surface area contributed by atoms with Gasteiger partial charge in [0.15, 0.2) is 0 Å². The molecule has 72 valence electrons. The van der Waals surface area contributed by atoms with E-state index in [1.807, 2.05) is 13.8 Å². The summed E-state index contributed by atoms with van der Waals surface area (Å²) in [6, 6.07) is 0. The first kappa shape index (κ1) is 10.5. The van der Waals surface area contributed by atoms with E-state index >= 15 is 0 Å².